The van der Waals surface area contributed by atoms with Gasteiger partial charge < -0.3 is 24.8 Å². The predicted octanol–water partition coefficient (Wildman–Crippen LogP) is 4.29. The van der Waals surface area contributed by atoms with E-state index in [2.05, 4.69) is 46.8 Å². The molecule has 2 aromatic carbocycles. The van der Waals surface area contributed by atoms with Crippen LogP contribution in [-0.4, -0.2) is 39.4 Å². The number of ether oxygens (including phenoxy) is 3. The van der Waals surface area contributed by atoms with Crippen molar-refractivity contribution in [3.63, 3.8) is 0 Å². The number of nitrogens with one attached hydrogen (secondary N) is 2. The molecule has 30 heavy (non-hydrogen) atoms. The van der Waals surface area contributed by atoms with Crippen LogP contribution in [0.3, 0.4) is 0 Å². The quantitative estimate of drug-likeness (QED) is 0.198. The lowest BCUT2D eigenvalue weighted by Crippen LogP contribution is -2.36. The average molecular weight is 527 g/mol. The summed E-state index contributed by atoms with van der Waals surface area (Å²) in [6.07, 6.45) is 0. The van der Waals surface area contributed by atoms with Crippen molar-refractivity contribution in [1.82, 2.24) is 10.6 Å². The standard InChI is InChI=1S/C23H33N3O3.HI/c1-5-27-13-14-29-22-15-18(3)11-12-20(22)17-26-23(24-4)25-16-19-9-7-8-10-21(19)28-6-2;/h7-12,15H,5-6,13-14,16-17H2,1-4H3,(H2,24,25,26);1H. The molecule has 0 atom stereocenters. The minimum Gasteiger partial charge on any atom is -0.494 e. The Morgan fingerprint density at radius 2 is 1.57 bits per heavy atom. The Labute approximate surface area is 197 Å². The van der Waals surface area contributed by atoms with E-state index in [4.69, 9.17) is 14.2 Å². The van der Waals surface area contributed by atoms with Crippen molar-refractivity contribution in [2.45, 2.75) is 33.9 Å². The first-order chi connectivity index (χ1) is 14.2. The molecule has 0 saturated heterocycles. The molecule has 0 amide bonds. The van der Waals surface area contributed by atoms with Crippen molar-refractivity contribution < 1.29 is 14.2 Å². The normalized spacial score (nSPS) is 10.9. The van der Waals surface area contributed by atoms with Gasteiger partial charge in [0, 0.05) is 37.9 Å². The van der Waals surface area contributed by atoms with Gasteiger partial charge in [-0.05, 0) is 38.5 Å². The molecule has 0 aliphatic rings. The zero-order chi connectivity index (χ0) is 20.9. The predicted molar refractivity (Wildman–Crippen MR) is 133 cm³/mol. The Bertz CT molecular complexity index is 784. The third-order valence-electron chi connectivity index (χ3n) is 4.30. The van der Waals surface area contributed by atoms with Crippen molar-refractivity contribution >= 4 is 29.9 Å². The van der Waals surface area contributed by atoms with Crippen LogP contribution >= 0.6 is 24.0 Å². The number of halogens is 1. The summed E-state index contributed by atoms with van der Waals surface area (Å²) in [6.45, 7) is 9.71. The van der Waals surface area contributed by atoms with Crippen LogP contribution in [-0.2, 0) is 17.8 Å². The van der Waals surface area contributed by atoms with Crippen LogP contribution in [0.15, 0.2) is 47.5 Å². The number of benzene rings is 2. The Hall–Kier alpha value is -2.00. The molecule has 0 saturated carbocycles. The highest BCUT2D eigenvalue weighted by Crippen LogP contribution is 2.20. The number of aryl methyl sites for hydroxylation is 1. The van der Waals surface area contributed by atoms with E-state index in [1.54, 1.807) is 7.05 Å². The zero-order valence-electron chi connectivity index (χ0n) is 18.4. The highest BCUT2D eigenvalue weighted by molar-refractivity contribution is 14.0. The number of hydrogen-bond acceptors (Lipinski definition) is 4. The first kappa shape index (κ1) is 26.0. The summed E-state index contributed by atoms with van der Waals surface area (Å²) in [5.41, 5.74) is 3.33. The minimum atomic E-state index is 0. The summed E-state index contributed by atoms with van der Waals surface area (Å²) in [4.78, 5) is 4.32. The summed E-state index contributed by atoms with van der Waals surface area (Å²) in [6, 6.07) is 14.2. The summed E-state index contributed by atoms with van der Waals surface area (Å²) >= 11 is 0. The van der Waals surface area contributed by atoms with Gasteiger partial charge in [0.05, 0.1) is 13.2 Å². The van der Waals surface area contributed by atoms with Gasteiger partial charge in [-0.1, -0.05) is 30.3 Å². The van der Waals surface area contributed by atoms with Gasteiger partial charge >= 0.3 is 0 Å². The molecule has 0 aliphatic carbocycles. The van der Waals surface area contributed by atoms with Crippen LogP contribution in [0, 0.1) is 6.92 Å². The first-order valence-electron chi connectivity index (χ1n) is 10.1. The van der Waals surface area contributed by atoms with Crippen LogP contribution < -0.4 is 20.1 Å². The molecule has 0 spiro atoms. The fourth-order valence-electron chi connectivity index (χ4n) is 2.82. The van der Waals surface area contributed by atoms with Gasteiger partial charge in [-0.2, -0.15) is 0 Å². The number of nitrogens with zero attached hydrogens (tertiary/aromatic N) is 1. The van der Waals surface area contributed by atoms with E-state index in [9.17, 15) is 0 Å². The van der Waals surface area contributed by atoms with Crippen LogP contribution in [0.25, 0.3) is 0 Å². The number of hydrogen-bond donors (Lipinski definition) is 2. The number of para-hydroxylation sites is 1. The topological polar surface area (TPSA) is 64.1 Å². The van der Waals surface area contributed by atoms with Gasteiger partial charge in [0.1, 0.15) is 18.1 Å². The number of guanidine groups is 1. The van der Waals surface area contributed by atoms with Crippen molar-refractivity contribution in [2.75, 3.05) is 33.5 Å². The second-order valence-corrected chi connectivity index (χ2v) is 6.48. The SMILES string of the molecule is CCOCCOc1cc(C)ccc1CNC(=NC)NCc1ccccc1OCC.I. The highest BCUT2D eigenvalue weighted by Gasteiger charge is 2.07. The lowest BCUT2D eigenvalue weighted by molar-refractivity contribution is 0.110. The van der Waals surface area contributed by atoms with Crippen molar-refractivity contribution in [2.24, 2.45) is 4.99 Å². The second kappa shape index (κ2) is 14.9. The maximum absolute atomic E-state index is 5.92. The van der Waals surface area contributed by atoms with E-state index < -0.39 is 0 Å². The average Bonchev–Trinajstić information content (AvgIpc) is 2.73. The maximum Gasteiger partial charge on any atom is 0.191 e. The van der Waals surface area contributed by atoms with Crippen molar-refractivity contribution in [3.8, 4) is 11.5 Å². The lowest BCUT2D eigenvalue weighted by atomic mass is 10.1. The van der Waals surface area contributed by atoms with E-state index in [0.29, 0.717) is 39.5 Å². The fraction of sp³-hybridized carbons (Fsp3) is 0.435. The highest BCUT2D eigenvalue weighted by atomic mass is 127. The van der Waals surface area contributed by atoms with Gasteiger partial charge in [0.15, 0.2) is 5.96 Å². The molecule has 166 valence electrons. The smallest absolute Gasteiger partial charge is 0.191 e. The molecule has 0 unspecified atom stereocenters. The molecule has 2 aromatic rings. The molecule has 0 bridgehead atoms. The summed E-state index contributed by atoms with van der Waals surface area (Å²) < 4.78 is 17.0. The molecule has 0 heterocycles. The van der Waals surface area contributed by atoms with Gasteiger partial charge in [0.2, 0.25) is 0 Å². The molecule has 0 fully saturated rings. The Balaban J connectivity index is 0.00000450. The molecule has 0 radical (unpaired) electrons. The van der Waals surface area contributed by atoms with E-state index in [1.165, 1.54) is 0 Å². The fourth-order valence-corrected chi connectivity index (χ4v) is 2.82. The van der Waals surface area contributed by atoms with Crippen LogP contribution in [0.4, 0.5) is 0 Å². The minimum absolute atomic E-state index is 0. The molecular weight excluding hydrogens is 493 g/mol. The zero-order valence-corrected chi connectivity index (χ0v) is 20.7. The van der Waals surface area contributed by atoms with Crippen molar-refractivity contribution in [3.05, 3.63) is 59.2 Å². The largest absolute Gasteiger partial charge is 0.494 e. The molecule has 0 aromatic heterocycles. The van der Waals surface area contributed by atoms with E-state index in [-0.39, 0.29) is 24.0 Å². The number of aliphatic imine (C=N–C) groups is 1. The van der Waals surface area contributed by atoms with Gasteiger partial charge in [-0.3, -0.25) is 4.99 Å². The van der Waals surface area contributed by atoms with Gasteiger partial charge in [-0.25, -0.2) is 0 Å². The third-order valence-corrected chi connectivity index (χ3v) is 4.30. The van der Waals surface area contributed by atoms with E-state index in [0.717, 1.165) is 34.1 Å². The Kier molecular flexibility index (Phi) is 12.9. The maximum atomic E-state index is 5.92. The van der Waals surface area contributed by atoms with Gasteiger partial charge in [0.25, 0.3) is 0 Å². The lowest BCUT2D eigenvalue weighted by Gasteiger charge is -2.16. The van der Waals surface area contributed by atoms with Gasteiger partial charge in [-0.15, -0.1) is 24.0 Å². The summed E-state index contributed by atoms with van der Waals surface area (Å²) in [5.74, 6) is 2.48. The first-order valence-corrected chi connectivity index (χ1v) is 10.1. The molecule has 2 rings (SSSR count). The molecule has 0 aliphatic heterocycles. The van der Waals surface area contributed by atoms with Crippen molar-refractivity contribution in [1.29, 1.82) is 0 Å². The van der Waals surface area contributed by atoms with E-state index >= 15 is 0 Å². The molecule has 2 N–H and O–H groups in total. The molecule has 6 nitrogen and oxygen atoms in total. The van der Waals surface area contributed by atoms with Crippen LogP contribution in [0.1, 0.15) is 30.5 Å². The second-order valence-electron chi connectivity index (χ2n) is 6.48. The summed E-state index contributed by atoms with van der Waals surface area (Å²) in [5, 5.41) is 6.70. The van der Waals surface area contributed by atoms with Crippen LogP contribution in [0.5, 0.6) is 11.5 Å². The van der Waals surface area contributed by atoms with Crippen LogP contribution in [0.2, 0.25) is 0 Å². The number of rotatable bonds is 11. The molecular formula is C23H34IN3O3. The monoisotopic (exact) mass is 527 g/mol. The Morgan fingerprint density at radius 1 is 0.867 bits per heavy atom. The molecule has 7 heteroatoms. The third kappa shape index (κ3) is 8.79. The Morgan fingerprint density at radius 3 is 2.23 bits per heavy atom. The van der Waals surface area contributed by atoms with E-state index in [1.807, 2.05) is 32.0 Å². The summed E-state index contributed by atoms with van der Waals surface area (Å²) in [7, 11) is 1.76.